The third-order valence-electron chi connectivity index (χ3n) is 6.74. The summed E-state index contributed by atoms with van der Waals surface area (Å²) in [5, 5.41) is 0. The summed E-state index contributed by atoms with van der Waals surface area (Å²) >= 11 is 7.37. The predicted molar refractivity (Wildman–Crippen MR) is 136 cm³/mol. The number of halogens is 2. The summed E-state index contributed by atoms with van der Waals surface area (Å²) in [4.78, 5) is 26.0. The number of carbonyl (C=O) groups is 2. The summed E-state index contributed by atoms with van der Waals surface area (Å²) < 4.78 is 13.9. The first-order valence-corrected chi connectivity index (χ1v) is 13.9. The van der Waals surface area contributed by atoms with Crippen LogP contribution in [0.4, 0.5) is 0 Å². The molecule has 1 heterocycles. The van der Waals surface area contributed by atoms with Gasteiger partial charge in [0.05, 0.1) is 15.6 Å². The van der Waals surface area contributed by atoms with Crippen molar-refractivity contribution in [3.8, 4) is 5.75 Å². The minimum atomic E-state index is -0.357. The van der Waals surface area contributed by atoms with Crippen LogP contribution in [0.25, 0.3) is 0 Å². The van der Waals surface area contributed by atoms with Crippen molar-refractivity contribution >= 4 is 43.4 Å². The first-order valence-electron chi connectivity index (χ1n) is 12.3. The molecule has 0 bridgehead atoms. The Morgan fingerprint density at radius 1 is 0.848 bits per heavy atom. The first-order chi connectivity index (χ1) is 16.0. The minimum Gasteiger partial charge on any atom is -0.491 e. The van der Waals surface area contributed by atoms with Gasteiger partial charge in [0.2, 0.25) is 0 Å². The Morgan fingerprint density at radius 2 is 1.39 bits per heavy atom. The molecule has 4 rings (SSSR count). The van der Waals surface area contributed by atoms with Crippen molar-refractivity contribution in [1.29, 1.82) is 0 Å². The molecule has 33 heavy (non-hydrogen) atoms. The molecule has 0 amide bonds. The number of allylic oxidation sites excluding steroid dienone is 4. The van der Waals surface area contributed by atoms with Gasteiger partial charge in [-0.05, 0) is 68.8 Å². The monoisotopic (exact) mass is 578 g/mol. The summed E-state index contributed by atoms with van der Waals surface area (Å²) in [6, 6.07) is 4.02. The molecule has 0 fully saturated rings. The first kappa shape index (κ1) is 24.7. The number of Topliss-reactive ketones (excluding diaryl/α,β-unsaturated/α-hetero) is 2. The number of ketones is 2. The Balaban J connectivity index is 1.58. The van der Waals surface area contributed by atoms with Crippen LogP contribution in [0.2, 0.25) is 0 Å². The van der Waals surface area contributed by atoms with Crippen molar-refractivity contribution in [2.75, 3.05) is 6.61 Å². The van der Waals surface area contributed by atoms with E-state index in [1.54, 1.807) is 0 Å². The molecule has 2 aliphatic carbocycles. The second-order valence-electron chi connectivity index (χ2n) is 9.19. The van der Waals surface area contributed by atoms with Crippen molar-refractivity contribution in [2.24, 2.45) is 0 Å². The van der Waals surface area contributed by atoms with Gasteiger partial charge in [-0.1, -0.05) is 39.0 Å². The minimum absolute atomic E-state index is 0.0989. The molecule has 6 heteroatoms. The standard InChI is InChI=1S/C27H32Br2O4/c1-2-3-4-5-6-7-14-32-27-18(28)15-17(16-19(27)29)24-25-20(30)10-8-12-22(25)33-23-13-9-11-21(31)26(23)24/h15-16,24H,2-14H2,1H3. The average Bonchev–Trinajstić information content (AvgIpc) is 2.79. The largest absolute Gasteiger partial charge is 0.491 e. The van der Waals surface area contributed by atoms with Crippen LogP contribution in [-0.4, -0.2) is 18.2 Å². The Bertz CT molecular complexity index is 927. The molecule has 0 unspecified atom stereocenters. The van der Waals surface area contributed by atoms with Gasteiger partial charge in [0.1, 0.15) is 17.3 Å². The van der Waals surface area contributed by atoms with E-state index in [4.69, 9.17) is 9.47 Å². The van der Waals surface area contributed by atoms with Gasteiger partial charge < -0.3 is 9.47 Å². The van der Waals surface area contributed by atoms with E-state index in [-0.39, 0.29) is 17.5 Å². The molecule has 1 aromatic rings. The molecule has 0 spiro atoms. The zero-order valence-corrected chi connectivity index (χ0v) is 22.5. The van der Waals surface area contributed by atoms with Gasteiger partial charge in [0, 0.05) is 42.7 Å². The van der Waals surface area contributed by atoms with Crippen LogP contribution in [0.15, 0.2) is 43.7 Å². The summed E-state index contributed by atoms with van der Waals surface area (Å²) in [5.74, 6) is 2.14. The molecule has 1 aromatic carbocycles. The molecule has 0 saturated heterocycles. The van der Waals surface area contributed by atoms with Gasteiger partial charge in [-0.15, -0.1) is 0 Å². The molecule has 0 radical (unpaired) electrons. The number of unbranched alkanes of at least 4 members (excludes halogenated alkanes) is 5. The molecule has 1 aliphatic heterocycles. The number of carbonyl (C=O) groups excluding carboxylic acids is 2. The third kappa shape index (κ3) is 5.48. The average molecular weight is 580 g/mol. The van der Waals surface area contributed by atoms with Crippen LogP contribution in [0.5, 0.6) is 5.75 Å². The molecule has 0 N–H and O–H groups in total. The maximum Gasteiger partial charge on any atom is 0.163 e. The number of ether oxygens (including phenoxy) is 2. The highest BCUT2D eigenvalue weighted by atomic mass is 79.9. The summed E-state index contributed by atoms with van der Waals surface area (Å²) in [7, 11) is 0. The molecule has 178 valence electrons. The molecule has 4 nitrogen and oxygen atoms in total. The van der Waals surface area contributed by atoms with Gasteiger partial charge in [0.15, 0.2) is 11.6 Å². The quantitative estimate of drug-likeness (QED) is 0.277. The third-order valence-corrected chi connectivity index (χ3v) is 7.92. The zero-order chi connectivity index (χ0) is 23.4. The summed E-state index contributed by atoms with van der Waals surface area (Å²) in [6.07, 6.45) is 11.4. The Morgan fingerprint density at radius 3 is 1.97 bits per heavy atom. The van der Waals surface area contributed by atoms with Gasteiger partial charge >= 0.3 is 0 Å². The summed E-state index contributed by atoms with van der Waals surface area (Å²) in [5.41, 5.74) is 2.28. The smallest absolute Gasteiger partial charge is 0.163 e. The highest BCUT2D eigenvalue weighted by Gasteiger charge is 2.42. The fourth-order valence-electron chi connectivity index (χ4n) is 5.09. The van der Waals surface area contributed by atoms with E-state index in [0.29, 0.717) is 30.6 Å². The SMILES string of the molecule is CCCCCCCCOc1c(Br)cc(C2C3=C(CCCC3=O)OC3=C2C(=O)CCC3)cc1Br. The lowest BCUT2D eigenvalue weighted by molar-refractivity contribution is -0.117. The molecule has 3 aliphatic rings. The molecular formula is C27H32Br2O4. The van der Waals surface area contributed by atoms with Crippen LogP contribution in [0, 0.1) is 0 Å². The van der Waals surface area contributed by atoms with E-state index in [0.717, 1.165) is 63.9 Å². The van der Waals surface area contributed by atoms with E-state index in [1.165, 1.54) is 32.1 Å². The number of rotatable bonds is 9. The lowest BCUT2D eigenvalue weighted by Crippen LogP contribution is -2.30. The zero-order valence-electron chi connectivity index (χ0n) is 19.3. The van der Waals surface area contributed by atoms with E-state index < -0.39 is 0 Å². The van der Waals surface area contributed by atoms with E-state index in [1.807, 2.05) is 12.1 Å². The normalized spacial score (nSPS) is 18.9. The lowest BCUT2D eigenvalue weighted by atomic mass is 9.73. The Labute approximate surface area is 213 Å². The second-order valence-corrected chi connectivity index (χ2v) is 10.9. The van der Waals surface area contributed by atoms with Gasteiger partial charge in [-0.3, -0.25) is 9.59 Å². The second kappa shape index (κ2) is 11.4. The van der Waals surface area contributed by atoms with Crippen LogP contribution in [0.1, 0.15) is 95.5 Å². The molecule has 0 aromatic heterocycles. The van der Waals surface area contributed by atoms with E-state index in [9.17, 15) is 9.59 Å². The number of benzene rings is 1. The summed E-state index contributed by atoms with van der Waals surface area (Å²) in [6.45, 7) is 2.90. The fraction of sp³-hybridized carbons (Fsp3) is 0.556. The molecular weight excluding hydrogens is 548 g/mol. The van der Waals surface area contributed by atoms with Crippen LogP contribution < -0.4 is 4.74 Å². The maximum atomic E-state index is 13.0. The fourth-order valence-corrected chi connectivity index (χ4v) is 6.54. The van der Waals surface area contributed by atoms with Crippen LogP contribution in [-0.2, 0) is 14.3 Å². The van der Waals surface area contributed by atoms with Crippen molar-refractivity contribution < 1.29 is 19.1 Å². The lowest BCUT2D eigenvalue weighted by Gasteiger charge is -2.36. The van der Waals surface area contributed by atoms with Crippen molar-refractivity contribution in [2.45, 2.75) is 89.9 Å². The van der Waals surface area contributed by atoms with Crippen molar-refractivity contribution in [1.82, 2.24) is 0 Å². The molecule has 0 saturated carbocycles. The van der Waals surface area contributed by atoms with Crippen LogP contribution in [0.3, 0.4) is 0 Å². The highest BCUT2D eigenvalue weighted by molar-refractivity contribution is 9.11. The van der Waals surface area contributed by atoms with Crippen molar-refractivity contribution in [3.63, 3.8) is 0 Å². The van der Waals surface area contributed by atoms with Crippen molar-refractivity contribution in [3.05, 3.63) is 49.3 Å². The Hall–Kier alpha value is -1.40. The predicted octanol–water partition coefficient (Wildman–Crippen LogP) is 8.08. The van der Waals surface area contributed by atoms with E-state index >= 15 is 0 Å². The number of hydrogen-bond donors (Lipinski definition) is 0. The van der Waals surface area contributed by atoms with E-state index in [2.05, 4.69) is 38.8 Å². The molecule has 0 atom stereocenters. The van der Waals surface area contributed by atoms with Gasteiger partial charge in [-0.2, -0.15) is 0 Å². The maximum absolute atomic E-state index is 13.0. The highest BCUT2D eigenvalue weighted by Crippen LogP contribution is 2.49. The topological polar surface area (TPSA) is 52.6 Å². The number of hydrogen-bond acceptors (Lipinski definition) is 4. The van der Waals surface area contributed by atoms with Crippen LogP contribution >= 0.6 is 31.9 Å². The Kier molecular flexibility index (Phi) is 8.50. The van der Waals surface area contributed by atoms with Gasteiger partial charge in [0.25, 0.3) is 0 Å². The van der Waals surface area contributed by atoms with Gasteiger partial charge in [-0.25, -0.2) is 0 Å².